The van der Waals surface area contributed by atoms with E-state index in [1.165, 1.54) is 0 Å². The molecule has 0 unspecified atom stereocenters. The van der Waals surface area contributed by atoms with Crippen LogP contribution in [0.1, 0.15) is 6.92 Å². The van der Waals surface area contributed by atoms with Gasteiger partial charge in [0.2, 0.25) is 0 Å². The summed E-state index contributed by atoms with van der Waals surface area (Å²) < 4.78 is 5.31. The first-order valence-electron chi connectivity index (χ1n) is 4.75. The second kappa shape index (κ2) is 4.20. The topological polar surface area (TPSA) is 58.5 Å². The van der Waals surface area contributed by atoms with Crippen LogP contribution in [0.15, 0.2) is 6.07 Å². The second-order valence-electron chi connectivity index (χ2n) is 3.47. The number of rotatable bonds is 1. The summed E-state index contributed by atoms with van der Waals surface area (Å²) in [5, 5.41) is 9.49. The van der Waals surface area contributed by atoms with Gasteiger partial charge in [0.05, 0.1) is 19.3 Å². The summed E-state index contributed by atoms with van der Waals surface area (Å²) in [5.41, 5.74) is 0. The molecule has 0 saturated carbocycles. The Labute approximate surface area is 92.7 Å². The van der Waals surface area contributed by atoms with E-state index in [2.05, 4.69) is 9.97 Å². The van der Waals surface area contributed by atoms with Crippen LogP contribution >= 0.6 is 11.6 Å². The molecule has 1 aliphatic heterocycles. The molecular weight excluding hydrogens is 218 g/mol. The summed E-state index contributed by atoms with van der Waals surface area (Å²) in [7, 11) is 0. The van der Waals surface area contributed by atoms with Crippen molar-refractivity contribution in [2.24, 2.45) is 0 Å². The van der Waals surface area contributed by atoms with E-state index < -0.39 is 0 Å². The molecule has 2 heterocycles. The fraction of sp³-hybridized carbons (Fsp3) is 0.556. The number of morpholine rings is 1. The van der Waals surface area contributed by atoms with Crippen LogP contribution in [-0.4, -0.2) is 40.9 Å². The van der Waals surface area contributed by atoms with Crippen LogP contribution in [0, 0.1) is 0 Å². The third kappa shape index (κ3) is 2.30. The Morgan fingerprint density at radius 1 is 1.60 bits per heavy atom. The van der Waals surface area contributed by atoms with Gasteiger partial charge < -0.3 is 14.7 Å². The van der Waals surface area contributed by atoms with Gasteiger partial charge in [0.15, 0.2) is 0 Å². The van der Waals surface area contributed by atoms with E-state index in [-0.39, 0.29) is 17.2 Å². The quantitative estimate of drug-likeness (QED) is 0.730. The highest BCUT2D eigenvalue weighted by Crippen LogP contribution is 2.21. The van der Waals surface area contributed by atoms with Crippen molar-refractivity contribution in [2.45, 2.75) is 13.0 Å². The van der Waals surface area contributed by atoms with Crippen molar-refractivity contribution in [1.82, 2.24) is 9.97 Å². The zero-order chi connectivity index (χ0) is 10.8. The average molecular weight is 230 g/mol. The molecule has 0 aromatic carbocycles. The van der Waals surface area contributed by atoms with Gasteiger partial charge in [0, 0.05) is 12.6 Å². The molecule has 15 heavy (non-hydrogen) atoms. The first-order chi connectivity index (χ1) is 7.16. The van der Waals surface area contributed by atoms with Gasteiger partial charge in [-0.1, -0.05) is 11.6 Å². The lowest BCUT2D eigenvalue weighted by molar-refractivity contribution is 0.0984. The summed E-state index contributed by atoms with van der Waals surface area (Å²) in [4.78, 5) is 9.58. The SMILES string of the molecule is C[C@@H]1COCCN1c1cc(Cl)nc(O)n1. The van der Waals surface area contributed by atoms with Crippen molar-refractivity contribution in [1.29, 1.82) is 0 Å². The summed E-state index contributed by atoms with van der Waals surface area (Å²) in [6, 6.07) is 1.57. The summed E-state index contributed by atoms with van der Waals surface area (Å²) in [6.07, 6.45) is 0. The highest BCUT2D eigenvalue weighted by molar-refractivity contribution is 6.29. The van der Waals surface area contributed by atoms with Gasteiger partial charge in [0.1, 0.15) is 11.0 Å². The van der Waals surface area contributed by atoms with Gasteiger partial charge in [-0.3, -0.25) is 0 Å². The van der Waals surface area contributed by atoms with E-state index >= 15 is 0 Å². The molecule has 82 valence electrons. The van der Waals surface area contributed by atoms with Crippen LogP contribution in [0.3, 0.4) is 0 Å². The first kappa shape index (κ1) is 10.4. The molecule has 6 heteroatoms. The van der Waals surface area contributed by atoms with Crippen molar-refractivity contribution in [2.75, 3.05) is 24.7 Å². The second-order valence-corrected chi connectivity index (χ2v) is 3.85. The standard InChI is InChI=1S/C9H12ClN3O2/c1-6-5-15-3-2-13(6)8-4-7(10)11-9(14)12-8/h4,6H,2-3,5H2,1H3,(H,11,12,14)/t6-/m1/s1. The van der Waals surface area contributed by atoms with Crippen molar-refractivity contribution >= 4 is 17.4 Å². The maximum Gasteiger partial charge on any atom is 0.317 e. The van der Waals surface area contributed by atoms with E-state index in [9.17, 15) is 5.11 Å². The lowest BCUT2D eigenvalue weighted by Gasteiger charge is -2.34. The van der Waals surface area contributed by atoms with E-state index in [1.54, 1.807) is 6.07 Å². The third-order valence-corrected chi connectivity index (χ3v) is 2.53. The minimum absolute atomic E-state index is 0.226. The van der Waals surface area contributed by atoms with Crippen molar-refractivity contribution < 1.29 is 9.84 Å². The minimum atomic E-state index is -0.295. The number of ether oxygens (including phenoxy) is 1. The number of halogens is 1. The Bertz CT molecular complexity index is 341. The summed E-state index contributed by atoms with van der Waals surface area (Å²) in [6.45, 7) is 4.09. The first-order valence-corrected chi connectivity index (χ1v) is 5.12. The number of hydrogen-bond donors (Lipinski definition) is 1. The Kier molecular flexibility index (Phi) is 2.93. The van der Waals surface area contributed by atoms with Crippen molar-refractivity contribution in [3.8, 4) is 6.01 Å². The van der Waals surface area contributed by atoms with Crippen LogP contribution in [0.4, 0.5) is 5.82 Å². The minimum Gasteiger partial charge on any atom is -0.479 e. The largest absolute Gasteiger partial charge is 0.479 e. The van der Waals surface area contributed by atoms with Gasteiger partial charge in [-0.15, -0.1) is 0 Å². The Morgan fingerprint density at radius 3 is 3.07 bits per heavy atom. The lowest BCUT2D eigenvalue weighted by Crippen LogP contribution is -2.44. The zero-order valence-corrected chi connectivity index (χ0v) is 9.11. The monoisotopic (exact) mass is 229 g/mol. The molecule has 0 amide bonds. The molecule has 0 aliphatic carbocycles. The molecule has 0 radical (unpaired) electrons. The molecular formula is C9H12ClN3O2. The molecule has 1 aliphatic rings. The lowest BCUT2D eigenvalue weighted by atomic mass is 10.2. The molecule has 1 fully saturated rings. The predicted molar refractivity (Wildman–Crippen MR) is 56.3 cm³/mol. The predicted octanol–water partition coefficient (Wildman–Crippen LogP) is 1.06. The van der Waals surface area contributed by atoms with Gasteiger partial charge >= 0.3 is 6.01 Å². The molecule has 1 aromatic rings. The van der Waals surface area contributed by atoms with Gasteiger partial charge in [-0.25, -0.2) is 0 Å². The van der Waals surface area contributed by atoms with Crippen molar-refractivity contribution in [3.05, 3.63) is 11.2 Å². The highest BCUT2D eigenvalue weighted by Gasteiger charge is 2.21. The number of hydrogen-bond acceptors (Lipinski definition) is 5. The normalized spacial score (nSPS) is 21.7. The average Bonchev–Trinajstić information content (AvgIpc) is 2.16. The molecule has 0 bridgehead atoms. The number of aromatic hydroxyl groups is 1. The molecule has 1 aromatic heterocycles. The molecule has 5 nitrogen and oxygen atoms in total. The molecule has 2 rings (SSSR count). The molecule has 1 atom stereocenters. The van der Waals surface area contributed by atoms with Crippen LogP contribution in [-0.2, 0) is 4.74 Å². The Morgan fingerprint density at radius 2 is 2.40 bits per heavy atom. The fourth-order valence-corrected chi connectivity index (χ4v) is 1.78. The van der Waals surface area contributed by atoms with E-state index in [4.69, 9.17) is 16.3 Å². The van der Waals surface area contributed by atoms with Crippen LogP contribution in [0.25, 0.3) is 0 Å². The zero-order valence-electron chi connectivity index (χ0n) is 8.35. The van der Waals surface area contributed by atoms with Crippen LogP contribution < -0.4 is 4.90 Å². The van der Waals surface area contributed by atoms with Gasteiger partial charge in [-0.2, -0.15) is 9.97 Å². The number of nitrogens with zero attached hydrogens (tertiary/aromatic N) is 3. The summed E-state index contributed by atoms with van der Waals surface area (Å²) in [5.74, 6) is 0.642. The van der Waals surface area contributed by atoms with Gasteiger partial charge in [-0.05, 0) is 6.92 Å². The van der Waals surface area contributed by atoms with Gasteiger partial charge in [0.25, 0.3) is 0 Å². The maximum atomic E-state index is 9.25. The number of aromatic nitrogens is 2. The Hall–Kier alpha value is -1.07. The van der Waals surface area contributed by atoms with Crippen molar-refractivity contribution in [3.63, 3.8) is 0 Å². The number of anilines is 1. The molecule has 0 spiro atoms. The molecule has 1 N–H and O–H groups in total. The maximum absolute atomic E-state index is 9.25. The van der Waals surface area contributed by atoms with E-state index in [0.717, 1.165) is 6.54 Å². The summed E-state index contributed by atoms with van der Waals surface area (Å²) >= 11 is 5.75. The van der Waals surface area contributed by atoms with Crippen LogP contribution in [0.2, 0.25) is 5.15 Å². The Balaban J connectivity index is 2.27. The third-order valence-electron chi connectivity index (χ3n) is 2.33. The highest BCUT2D eigenvalue weighted by atomic mass is 35.5. The molecule has 1 saturated heterocycles. The van der Waals surface area contributed by atoms with E-state index in [1.807, 2.05) is 11.8 Å². The van der Waals surface area contributed by atoms with Crippen LogP contribution in [0.5, 0.6) is 6.01 Å². The van der Waals surface area contributed by atoms with E-state index in [0.29, 0.717) is 19.0 Å². The fourth-order valence-electron chi connectivity index (χ4n) is 1.61. The smallest absolute Gasteiger partial charge is 0.317 e.